The summed E-state index contributed by atoms with van der Waals surface area (Å²) in [7, 11) is 0. The van der Waals surface area contributed by atoms with Crippen LogP contribution in [0.15, 0.2) is 35.2 Å². The summed E-state index contributed by atoms with van der Waals surface area (Å²) in [5, 5.41) is 4.26. The monoisotopic (exact) mass is 293 g/mol. The molecule has 0 spiro atoms. The highest BCUT2D eigenvalue weighted by atomic mass is 32.2. The number of thiocarbonyl (C=S) groups is 2. The Hall–Kier alpha value is -0.750. The van der Waals surface area contributed by atoms with Gasteiger partial charge in [0.25, 0.3) is 0 Å². The van der Waals surface area contributed by atoms with Crippen LogP contribution in [0.3, 0.4) is 0 Å². The third-order valence-electron chi connectivity index (χ3n) is 2.36. The summed E-state index contributed by atoms with van der Waals surface area (Å²) < 4.78 is 2.03. The lowest BCUT2D eigenvalue weighted by Gasteiger charge is -1.91. The van der Waals surface area contributed by atoms with Crippen LogP contribution in [-0.2, 0) is 0 Å². The molecule has 3 rings (SSSR count). The molecule has 5 heteroatoms. The van der Waals surface area contributed by atoms with E-state index in [1.807, 2.05) is 0 Å². The van der Waals surface area contributed by atoms with Crippen molar-refractivity contribution in [1.29, 1.82) is 0 Å². The van der Waals surface area contributed by atoms with E-state index < -0.39 is 0 Å². The number of fused-ring (bicyclic) bond motifs is 1. The normalized spacial score (nSPS) is 18.0. The first-order chi connectivity index (χ1) is 8.22. The van der Waals surface area contributed by atoms with Gasteiger partial charge in [0.1, 0.15) is 9.31 Å². The Bertz CT molecular complexity index is 620. The molecule has 0 unspecified atom stereocenters. The highest BCUT2D eigenvalue weighted by molar-refractivity contribution is 8.27. The quantitative estimate of drug-likeness (QED) is 0.624. The molecule has 0 amide bonds. The van der Waals surface area contributed by atoms with Crippen LogP contribution < -0.4 is 5.32 Å². The predicted molar refractivity (Wildman–Crippen MR) is 85.7 cm³/mol. The van der Waals surface area contributed by atoms with E-state index >= 15 is 0 Å². The highest BCUT2D eigenvalue weighted by Crippen LogP contribution is 2.31. The van der Waals surface area contributed by atoms with E-state index in [1.54, 1.807) is 11.3 Å². The number of thiophene rings is 1. The van der Waals surface area contributed by atoms with Crippen LogP contribution >= 0.6 is 47.5 Å². The summed E-state index contributed by atoms with van der Waals surface area (Å²) in [6.45, 7) is 0. The fourth-order valence-corrected chi connectivity index (χ4v) is 4.18. The second kappa shape index (κ2) is 4.49. The Morgan fingerprint density at radius 1 is 1.18 bits per heavy atom. The molecule has 84 valence electrons. The van der Waals surface area contributed by atoms with Crippen LogP contribution in [0.1, 0.15) is 4.88 Å². The van der Waals surface area contributed by atoms with E-state index in [4.69, 9.17) is 24.4 Å². The average Bonchev–Trinajstić information content (AvgIpc) is 2.82. The standard InChI is InChI=1S/C12H7NS4/c14-11-10(17-12(15)13-11)6-8-5-7-3-1-2-4-9(7)16-8/h1-6H,(H,13,14,15)/b10-6-. The first-order valence-corrected chi connectivity index (χ1v) is 7.41. The summed E-state index contributed by atoms with van der Waals surface area (Å²) in [6, 6.07) is 10.5. The number of rotatable bonds is 1. The minimum absolute atomic E-state index is 0.734. The SMILES string of the molecule is S=C1NC(=S)/C(=C/c2cc3ccccc3s2)S1. The van der Waals surface area contributed by atoms with Crippen molar-refractivity contribution >= 4 is 73.0 Å². The molecule has 17 heavy (non-hydrogen) atoms. The molecular weight excluding hydrogens is 286 g/mol. The minimum Gasteiger partial charge on any atom is -0.331 e. The average molecular weight is 293 g/mol. The number of nitrogens with one attached hydrogen (secondary N) is 1. The van der Waals surface area contributed by atoms with Crippen molar-refractivity contribution in [3.05, 3.63) is 40.1 Å². The summed E-state index contributed by atoms with van der Waals surface area (Å²) >= 11 is 13.6. The van der Waals surface area contributed by atoms with Gasteiger partial charge in [0, 0.05) is 9.58 Å². The van der Waals surface area contributed by atoms with Gasteiger partial charge in [0.15, 0.2) is 0 Å². The first-order valence-electron chi connectivity index (χ1n) is 4.96. The lowest BCUT2D eigenvalue weighted by atomic mass is 10.2. The maximum atomic E-state index is 5.21. The van der Waals surface area contributed by atoms with Gasteiger partial charge in [0.05, 0.1) is 4.91 Å². The number of hydrogen-bond donors (Lipinski definition) is 1. The van der Waals surface area contributed by atoms with Crippen LogP contribution in [0.25, 0.3) is 16.2 Å². The van der Waals surface area contributed by atoms with Crippen LogP contribution in [-0.4, -0.2) is 9.31 Å². The minimum atomic E-state index is 0.734. The van der Waals surface area contributed by atoms with Gasteiger partial charge < -0.3 is 5.32 Å². The van der Waals surface area contributed by atoms with Gasteiger partial charge in [-0.05, 0) is 23.6 Å². The maximum absolute atomic E-state index is 5.21. The summed E-state index contributed by atoms with van der Waals surface area (Å²) in [5.74, 6) is 0. The fraction of sp³-hybridized carbons (Fsp3) is 0. The van der Waals surface area contributed by atoms with Gasteiger partial charge in [-0.1, -0.05) is 54.4 Å². The summed E-state index contributed by atoms with van der Waals surface area (Å²) in [4.78, 5) is 2.98. The molecule has 0 bridgehead atoms. The molecule has 1 aliphatic rings. The molecule has 1 fully saturated rings. The van der Waals surface area contributed by atoms with Crippen molar-refractivity contribution in [3.63, 3.8) is 0 Å². The smallest absolute Gasteiger partial charge is 0.143 e. The van der Waals surface area contributed by atoms with Crippen molar-refractivity contribution in [3.8, 4) is 0 Å². The molecule has 0 saturated carbocycles. The highest BCUT2D eigenvalue weighted by Gasteiger charge is 2.18. The largest absolute Gasteiger partial charge is 0.331 e. The Kier molecular flexibility index (Phi) is 3.00. The van der Waals surface area contributed by atoms with Crippen molar-refractivity contribution in [2.45, 2.75) is 0 Å². The molecule has 0 aliphatic carbocycles. The molecule has 1 N–H and O–H groups in total. The van der Waals surface area contributed by atoms with Gasteiger partial charge >= 0.3 is 0 Å². The lowest BCUT2D eigenvalue weighted by molar-refractivity contribution is 1.52. The zero-order chi connectivity index (χ0) is 11.8. The van der Waals surface area contributed by atoms with E-state index in [9.17, 15) is 0 Å². The Labute approximate surface area is 118 Å². The van der Waals surface area contributed by atoms with Crippen LogP contribution in [0, 0.1) is 0 Å². The number of hydrogen-bond acceptors (Lipinski definition) is 4. The first kappa shape index (κ1) is 11.3. The predicted octanol–water partition coefficient (Wildman–Crippen LogP) is 4.19. The third kappa shape index (κ3) is 2.28. The van der Waals surface area contributed by atoms with E-state index in [0.29, 0.717) is 0 Å². The molecule has 1 aromatic carbocycles. The van der Waals surface area contributed by atoms with E-state index in [2.05, 4.69) is 41.7 Å². The lowest BCUT2D eigenvalue weighted by Crippen LogP contribution is -2.15. The van der Waals surface area contributed by atoms with Crippen LogP contribution in [0.5, 0.6) is 0 Å². The van der Waals surface area contributed by atoms with Crippen LogP contribution in [0.4, 0.5) is 0 Å². The third-order valence-corrected chi connectivity index (χ3v) is 5.06. The van der Waals surface area contributed by atoms with Gasteiger partial charge in [-0.3, -0.25) is 0 Å². The second-order valence-electron chi connectivity index (χ2n) is 3.54. The summed E-state index contributed by atoms with van der Waals surface area (Å²) in [6.07, 6.45) is 2.10. The van der Waals surface area contributed by atoms with Crippen molar-refractivity contribution in [2.75, 3.05) is 0 Å². The Morgan fingerprint density at radius 2 is 2.00 bits per heavy atom. The van der Waals surface area contributed by atoms with E-state index in [-0.39, 0.29) is 0 Å². The molecule has 1 aliphatic heterocycles. The number of thioether (sulfide) groups is 1. The van der Waals surface area contributed by atoms with Gasteiger partial charge in [-0.2, -0.15) is 0 Å². The molecule has 0 atom stereocenters. The van der Waals surface area contributed by atoms with E-state index in [1.165, 1.54) is 26.7 Å². The molecule has 0 radical (unpaired) electrons. The van der Waals surface area contributed by atoms with Crippen molar-refractivity contribution in [1.82, 2.24) is 5.32 Å². The fourth-order valence-electron chi connectivity index (χ4n) is 1.62. The molecule has 1 nitrogen and oxygen atoms in total. The van der Waals surface area contributed by atoms with Crippen molar-refractivity contribution < 1.29 is 0 Å². The molecule has 2 aromatic rings. The maximum Gasteiger partial charge on any atom is 0.143 e. The van der Waals surface area contributed by atoms with E-state index in [0.717, 1.165) is 14.2 Å². The Balaban J connectivity index is 2.02. The second-order valence-corrected chi connectivity index (χ2v) is 6.78. The Morgan fingerprint density at radius 3 is 2.71 bits per heavy atom. The molecule has 2 heterocycles. The molecule has 1 saturated heterocycles. The molecule has 1 aromatic heterocycles. The zero-order valence-corrected chi connectivity index (χ0v) is 11.9. The topological polar surface area (TPSA) is 12.0 Å². The van der Waals surface area contributed by atoms with Gasteiger partial charge in [-0.25, -0.2) is 0 Å². The number of benzene rings is 1. The van der Waals surface area contributed by atoms with Crippen molar-refractivity contribution in [2.24, 2.45) is 0 Å². The molecular formula is C12H7NS4. The van der Waals surface area contributed by atoms with Crippen LogP contribution in [0.2, 0.25) is 0 Å². The van der Waals surface area contributed by atoms with Gasteiger partial charge in [-0.15, -0.1) is 11.3 Å². The zero-order valence-electron chi connectivity index (χ0n) is 8.60. The summed E-state index contributed by atoms with van der Waals surface area (Å²) in [5.41, 5.74) is 0. The van der Waals surface area contributed by atoms with Gasteiger partial charge in [0.2, 0.25) is 0 Å².